The number of benzene rings is 2. The minimum Gasteiger partial charge on any atom is -0.511 e. The van der Waals surface area contributed by atoms with Crippen LogP contribution in [0.25, 0.3) is 11.1 Å². The van der Waals surface area contributed by atoms with E-state index in [9.17, 15) is 34.5 Å². The number of ketones is 2. The Morgan fingerprint density at radius 1 is 1.08 bits per heavy atom. The normalized spacial score (nSPS) is 24.4. The Bertz CT molecular complexity index is 1520. The Labute approximate surface area is 225 Å². The number of rotatable bonds is 5. The first-order valence-electron chi connectivity index (χ1n) is 12.9. The van der Waals surface area contributed by atoms with Gasteiger partial charge in [0.25, 0.3) is 5.91 Å². The quantitative estimate of drug-likeness (QED) is 0.339. The van der Waals surface area contributed by atoms with E-state index >= 15 is 0 Å². The number of aliphatic hydroxyl groups excluding tert-OH is 2. The number of fused-ring (bicyclic) bond motifs is 3. The van der Waals surface area contributed by atoms with E-state index in [0.29, 0.717) is 23.1 Å². The van der Waals surface area contributed by atoms with Crippen LogP contribution in [0, 0.1) is 17.8 Å². The van der Waals surface area contributed by atoms with Gasteiger partial charge in [-0.05, 0) is 79.6 Å². The first kappa shape index (κ1) is 26.4. The highest BCUT2D eigenvalue weighted by atomic mass is 16.3. The molecule has 0 saturated carbocycles. The van der Waals surface area contributed by atoms with Gasteiger partial charge in [-0.3, -0.25) is 24.1 Å². The van der Waals surface area contributed by atoms with Gasteiger partial charge in [-0.2, -0.15) is 0 Å². The van der Waals surface area contributed by atoms with Gasteiger partial charge < -0.3 is 21.1 Å². The van der Waals surface area contributed by atoms with Gasteiger partial charge in [-0.25, -0.2) is 0 Å². The summed E-state index contributed by atoms with van der Waals surface area (Å²) in [7, 11) is 3.37. The van der Waals surface area contributed by atoms with Gasteiger partial charge in [0.15, 0.2) is 11.6 Å². The van der Waals surface area contributed by atoms with Crippen LogP contribution < -0.4 is 5.73 Å². The molecule has 0 saturated heterocycles. The average molecular weight is 531 g/mol. The van der Waals surface area contributed by atoms with E-state index < -0.39 is 58.4 Å². The molecule has 3 aliphatic carbocycles. The van der Waals surface area contributed by atoms with Crippen LogP contribution in [-0.2, 0) is 22.4 Å². The molecule has 4 atom stereocenters. The van der Waals surface area contributed by atoms with Crippen molar-refractivity contribution in [3.05, 3.63) is 75.3 Å². The molecule has 0 heterocycles. The number of hydrogen-bond acceptors (Lipinski definition) is 8. The molecule has 0 spiro atoms. The van der Waals surface area contributed by atoms with Crippen LogP contribution in [0.3, 0.4) is 0 Å². The molecule has 202 valence electrons. The minimum absolute atomic E-state index is 0.0321. The van der Waals surface area contributed by atoms with Crippen LogP contribution in [0.1, 0.15) is 45.2 Å². The molecule has 2 aromatic carbocycles. The Balaban J connectivity index is 1.71. The van der Waals surface area contributed by atoms with Gasteiger partial charge in [0.2, 0.25) is 0 Å². The molecule has 5 rings (SSSR count). The van der Waals surface area contributed by atoms with E-state index in [1.807, 2.05) is 13.0 Å². The van der Waals surface area contributed by atoms with Gasteiger partial charge in [-0.15, -0.1) is 0 Å². The number of carbonyl (C=O) groups excluding carboxylic acids is 4. The lowest BCUT2D eigenvalue weighted by atomic mass is 9.60. The largest absolute Gasteiger partial charge is 0.511 e. The van der Waals surface area contributed by atoms with E-state index in [-0.39, 0.29) is 29.7 Å². The van der Waals surface area contributed by atoms with Crippen LogP contribution in [0.2, 0.25) is 0 Å². The number of hydrogen-bond donors (Lipinski definition) is 4. The number of carbonyl (C=O) groups is 4. The fraction of sp³-hybridized carbons (Fsp3) is 0.333. The molecular formula is C30H30N2O7. The maximum absolute atomic E-state index is 13.9. The standard InChI is InChI=1S/C30H30N2O7/c1-4-14-6-5-13(12-33)9-17(14)16-7-8-20(34)22-18(16)10-15-11-19-23(27(36)21(15)26(22)35)28(37)24(30(31)39)29(38)25(19)32(2)3/h5-9,12,15,19,23,25,34,36,38H,4,10-11H2,1-3H3,(H2,31,39)/t15-,19+,23?,25-/m0/s1. The van der Waals surface area contributed by atoms with Crippen molar-refractivity contribution in [3.8, 4) is 16.9 Å². The van der Waals surface area contributed by atoms with Crippen molar-refractivity contribution in [2.45, 2.75) is 32.2 Å². The molecule has 39 heavy (non-hydrogen) atoms. The number of aliphatic hydroxyl groups is 2. The van der Waals surface area contributed by atoms with Crippen molar-refractivity contribution in [1.29, 1.82) is 0 Å². The second-order valence-electron chi connectivity index (χ2n) is 10.7. The van der Waals surface area contributed by atoms with Crippen LogP contribution in [-0.4, -0.2) is 64.1 Å². The van der Waals surface area contributed by atoms with Gasteiger partial charge in [-0.1, -0.05) is 25.1 Å². The minimum atomic E-state index is -1.23. The lowest BCUT2D eigenvalue weighted by Crippen LogP contribution is -2.53. The third-order valence-corrected chi connectivity index (χ3v) is 8.39. The predicted molar refractivity (Wildman–Crippen MR) is 142 cm³/mol. The topological polar surface area (TPSA) is 158 Å². The summed E-state index contributed by atoms with van der Waals surface area (Å²) in [5, 5.41) is 33.1. The Kier molecular flexibility index (Phi) is 6.42. The van der Waals surface area contributed by atoms with E-state index in [1.54, 1.807) is 37.2 Å². The number of aryl methyl sites for hydroxylation is 1. The number of aldehydes is 1. The fourth-order valence-electron chi connectivity index (χ4n) is 6.75. The molecule has 9 nitrogen and oxygen atoms in total. The number of primary amides is 1. The summed E-state index contributed by atoms with van der Waals surface area (Å²) in [6.45, 7) is 1.99. The zero-order valence-corrected chi connectivity index (χ0v) is 21.9. The highest BCUT2D eigenvalue weighted by Crippen LogP contribution is 2.51. The molecule has 0 aliphatic heterocycles. The summed E-state index contributed by atoms with van der Waals surface area (Å²) in [5.41, 5.74) is 8.45. The third-order valence-electron chi connectivity index (χ3n) is 8.39. The van der Waals surface area contributed by atoms with E-state index in [0.717, 1.165) is 17.4 Å². The first-order chi connectivity index (χ1) is 18.5. The molecular weight excluding hydrogens is 500 g/mol. The highest BCUT2D eigenvalue weighted by molar-refractivity contribution is 6.22. The maximum atomic E-state index is 13.9. The molecule has 1 unspecified atom stereocenters. The number of amides is 1. The number of phenolic OH excluding ortho intramolecular Hbond substituents is 1. The van der Waals surface area contributed by atoms with Gasteiger partial charge in [0, 0.05) is 11.1 Å². The van der Waals surface area contributed by atoms with Crippen LogP contribution in [0.5, 0.6) is 5.75 Å². The van der Waals surface area contributed by atoms with Crippen molar-refractivity contribution in [1.82, 2.24) is 4.90 Å². The van der Waals surface area contributed by atoms with E-state index in [1.165, 1.54) is 6.07 Å². The summed E-state index contributed by atoms with van der Waals surface area (Å²) in [4.78, 5) is 52.5. The molecule has 5 N–H and O–H groups in total. The van der Waals surface area contributed by atoms with Crippen LogP contribution in [0.4, 0.5) is 0 Å². The van der Waals surface area contributed by atoms with Gasteiger partial charge >= 0.3 is 0 Å². The molecule has 2 aromatic rings. The molecule has 9 heteroatoms. The lowest BCUT2D eigenvalue weighted by Gasteiger charge is -2.46. The number of nitrogens with zero attached hydrogens (tertiary/aromatic N) is 1. The molecule has 0 fully saturated rings. The maximum Gasteiger partial charge on any atom is 0.255 e. The zero-order chi connectivity index (χ0) is 28.3. The second-order valence-corrected chi connectivity index (χ2v) is 10.7. The van der Waals surface area contributed by atoms with Crippen molar-refractivity contribution >= 4 is 23.8 Å². The molecule has 0 aromatic heterocycles. The van der Waals surface area contributed by atoms with Crippen molar-refractivity contribution in [2.75, 3.05) is 14.1 Å². The molecule has 1 amide bonds. The summed E-state index contributed by atoms with van der Waals surface area (Å²) in [5.74, 6) is -6.00. The highest BCUT2D eigenvalue weighted by Gasteiger charge is 2.54. The third kappa shape index (κ3) is 3.87. The number of Topliss-reactive ketones (excluding diaryl/α,β-unsaturated/α-hetero) is 2. The Hall–Kier alpha value is -4.24. The van der Waals surface area contributed by atoms with Gasteiger partial charge in [0.05, 0.1) is 17.5 Å². The summed E-state index contributed by atoms with van der Waals surface area (Å²) in [6.07, 6.45) is 1.98. The second kappa shape index (κ2) is 9.50. The van der Waals surface area contributed by atoms with Crippen LogP contribution >= 0.6 is 0 Å². The van der Waals surface area contributed by atoms with E-state index in [2.05, 4.69) is 0 Å². The average Bonchev–Trinajstić information content (AvgIpc) is 2.87. The first-order valence-corrected chi connectivity index (χ1v) is 12.9. The fourth-order valence-corrected chi connectivity index (χ4v) is 6.75. The Morgan fingerprint density at radius 3 is 2.41 bits per heavy atom. The predicted octanol–water partition coefficient (Wildman–Crippen LogP) is 3.05. The number of allylic oxidation sites excluding steroid dienone is 2. The van der Waals surface area contributed by atoms with Crippen molar-refractivity contribution in [3.63, 3.8) is 0 Å². The smallest absolute Gasteiger partial charge is 0.255 e. The van der Waals surface area contributed by atoms with E-state index in [4.69, 9.17) is 5.73 Å². The Morgan fingerprint density at radius 2 is 1.79 bits per heavy atom. The van der Waals surface area contributed by atoms with Crippen molar-refractivity contribution < 1.29 is 34.5 Å². The SMILES string of the molecule is CCc1ccc(C=O)cc1-c1ccc(O)c2c1C[C@H]1C[C@@H]3C(C(=O)C(C(N)=O)=C(O)[C@H]3N(C)C)C(O)=C1C2=O. The molecule has 3 aliphatic rings. The van der Waals surface area contributed by atoms with Gasteiger partial charge in [0.1, 0.15) is 29.1 Å². The number of nitrogens with two attached hydrogens (primary N) is 1. The molecule has 0 radical (unpaired) electrons. The number of phenols is 1. The summed E-state index contributed by atoms with van der Waals surface area (Å²) >= 11 is 0. The zero-order valence-electron chi connectivity index (χ0n) is 21.9. The van der Waals surface area contributed by atoms with Crippen molar-refractivity contribution in [2.24, 2.45) is 23.5 Å². The summed E-state index contributed by atoms with van der Waals surface area (Å²) in [6, 6.07) is 7.73. The summed E-state index contributed by atoms with van der Waals surface area (Å²) < 4.78 is 0. The lowest BCUT2D eigenvalue weighted by molar-refractivity contribution is -0.127. The molecule has 0 bridgehead atoms. The monoisotopic (exact) mass is 530 g/mol. The van der Waals surface area contributed by atoms with Crippen LogP contribution in [0.15, 0.2) is 53.0 Å². The number of aromatic hydroxyl groups is 1. The number of likely N-dealkylation sites (N-methyl/N-ethyl adjacent to an activating group) is 1.